The fourth-order valence-corrected chi connectivity index (χ4v) is 0.185. The molecule has 0 heterocycles. The van der Waals surface area contributed by atoms with Crippen LogP contribution in [0.2, 0.25) is 0 Å². The monoisotopic (exact) mass is 87.1 g/mol. The molecule has 2 heteroatoms. The molecule has 0 rings (SSSR count). The summed E-state index contributed by atoms with van der Waals surface area (Å²) in [5, 5.41) is 0. The first-order valence-corrected chi connectivity index (χ1v) is 1.84. The van der Waals surface area contributed by atoms with E-state index in [1.165, 1.54) is 0 Å². The van der Waals surface area contributed by atoms with Gasteiger partial charge in [-0.2, -0.15) is 0 Å². The third kappa shape index (κ3) is 3.34. The fraction of sp³-hybridized carbons (Fsp3) is 0.500. The lowest BCUT2D eigenvalue weighted by atomic mass is 10.8. The van der Waals surface area contributed by atoms with Crippen LogP contribution >= 0.6 is 0 Å². The summed E-state index contributed by atoms with van der Waals surface area (Å²) < 4.78 is 4.62. The number of hydrogen-bond acceptors (Lipinski definition) is 2. The quantitative estimate of drug-likeness (QED) is 0.496. The van der Waals surface area contributed by atoms with Gasteiger partial charge in [0, 0.05) is 0 Å². The van der Waals surface area contributed by atoms with Gasteiger partial charge in [-0.1, -0.05) is 0 Å². The Labute approximate surface area is 37.6 Å². The van der Waals surface area contributed by atoms with E-state index in [4.69, 9.17) is 5.73 Å². The molecule has 2 nitrogen and oxygen atoms in total. The van der Waals surface area contributed by atoms with Crippen LogP contribution in [0.1, 0.15) is 6.92 Å². The molecule has 0 atom stereocenters. The molecule has 0 aliphatic carbocycles. The highest BCUT2D eigenvalue weighted by Crippen LogP contribution is 1.76. The predicted molar refractivity (Wildman–Crippen MR) is 25.0 cm³/mol. The first-order valence-electron chi connectivity index (χ1n) is 1.84. The second-order valence-electron chi connectivity index (χ2n) is 0.899. The molecule has 0 radical (unpaired) electrons. The van der Waals surface area contributed by atoms with Gasteiger partial charge in [-0.3, -0.25) is 0 Å². The molecule has 0 aliphatic heterocycles. The Morgan fingerprint density at radius 3 is 2.50 bits per heavy atom. The Morgan fingerprint density at radius 1 is 2.00 bits per heavy atom. The van der Waals surface area contributed by atoms with E-state index in [1.807, 2.05) is 6.92 Å². The molecular weight excluding hydrogens is 78.0 g/mol. The summed E-state index contributed by atoms with van der Waals surface area (Å²) in [5.41, 5.74) is 4.99. The van der Waals surface area contributed by atoms with Gasteiger partial charge < -0.3 is 10.5 Å². The van der Waals surface area contributed by atoms with Gasteiger partial charge in [-0.05, 0) is 13.5 Å². The maximum Gasteiger partial charge on any atom is 0.176 e. The molecule has 2 N–H and O–H groups in total. The van der Waals surface area contributed by atoms with Gasteiger partial charge in [0.1, 0.15) is 0 Å². The summed E-state index contributed by atoms with van der Waals surface area (Å²) in [6.45, 7) is 5.77. The number of hydrogen-bond donors (Lipinski definition) is 1. The molecule has 0 aliphatic rings. The first kappa shape index (κ1) is 5.34. The van der Waals surface area contributed by atoms with Crippen molar-refractivity contribution >= 4 is 0 Å². The minimum absolute atomic E-state index is 0.289. The van der Waals surface area contributed by atoms with E-state index < -0.39 is 0 Å². The van der Waals surface area contributed by atoms with Crippen LogP contribution in [0.4, 0.5) is 0 Å². The summed E-state index contributed by atoms with van der Waals surface area (Å²) in [6.07, 6.45) is 0. The van der Waals surface area contributed by atoms with Gasteiger partial charge >= 0.3 is 0 Å². The third-order valence-corrected chi connectivity index (χ3v) is 0.330. The largest absolute Gasteiger partial charge is 0.480 e. The molecule has 0 amide bonds. The van der Waals surface area contributed by atoms with Crippen LogP contribution in [-0.4, -0.2) is 6.61 Å². The predicted octanol–water partition coefficient (Wildman–Crippen LogP) is 0.453. The number of nitrogens with two attached hydrogens (primary N) is 1. The third-order valence-electron chi connectivity index (χ3n) is 0.330. The van der Waals surface area contributed by atoms with Gasteiger partial charge in [-0.25, -0.2) is 0 Å². The fourth-order valence-electron chi connectivity index (χ4n) is 0.185. The summed E-state index contributed by atoms with van der Waals surface area (Å²) in [5.74, 6) is 0.289. The Balaban J connectivity index is 2.83. The average molecular weight is 87.1 g/mol. The Bertz CT molecular complexity index is 51.5. The van der Waals surface area contributed by atoms with Crippen LogP contribution in [0.15, 0.2) is 12.5 Å². The van der Waals surface area contributed by atoms with Crippen molar-refractivity contribution in [2.24, 2.45) is 5.73 Å². The molecule has 0 saturated heterocycles. The molecule has 6 heavy (non-hydrogen) atoms. The highest BCUT2D eigenvalue weighted by atomic mass is 16.5. The van der Waals surface area contributed by atoms with Gasteiger partial charge in [-0.15, -0.1) is 0 Å². The molecule has 0 spiro atoms. The second-order valence-corrected chi connectivity index (χ2v) is 0.899. The molecule has 0 aromatic carbocycles. The summed E-state index contributed by atoms with van der Waals surface area (Å²) in [4.78, 5) is 0. The van der Waals surface area contributed by atoms with Crippen molar-refractivity contribution in [1.82, 2.24) is 0 Å². The van der Waals surface area contributed by atoms with E-state index in [0.29, 0.717) is 6.61 Å². The molecule has 0 bridgehead atoms. The molecule has 0 aromatic rings. The van der Waals surface area contributed by atoms with E-state index in [1.54, 1.807) is 0 Å². The molecule has 0 unspecified atom stereocenters. The molecule has 0 saturated carbocycles. The highest BCUT2D eigenvalue weighted by molar-refractivity contribution is 4.69. The minimum Gasteiger partial charge on any atom is -0.480 e. The molecule has 0 aromatic heterocycles. The van der Waals surface area contributed by atoms with E-state index >= 15 is 0 Å². The van der Waals surface area contributed by atoms with Crippen LogP contribution in [-0.2, 0) is 4.74 Å². The topological polar surface area (TPSA) is 35.2 Å². The molecule has 36 valence electrons. The molecular formula is C4H9NO. The Kier molecular flexibility index (Phi) is 2.29. The van der Waals surface area contributed by atoms with Crippen molar-refractivity contribution in [1.29, 1.82) is 0 Å². The van der Waals surface area contributed by atoms with E-state index in [2.05, 4.69) is 11.3 Å². The normalized spacial score (nSPS) is 7.50. The number of ether oxygens (including phenoxy) is 1. The average Bonchev–Trinajstić information content (AvgIpc) is 1.35. The summed E-state index contributed by atoms with van der Waals surface area (Å²) in [7, 11) is 0. The van der Waals surface area contributed by atoms with Crippen molar-refractivity contribution in [3.63, 3.8) is 0 Å². The zero-order valence-corrected chi connectivity index (χ0v) is 3.90. The maximum atomic E-state index is 4.99. The van der Waals surface area contributed by atoms with Crippen molar-refractivity contribution in [2.45, 2.75) is 6.92 Å². The lowest BCUT2D eigenvalue weighted by molar-refractivity contribution is 0.228. The van der Waals surface area contributed by atoms with Crippen LogP contribution < -0.4 is 5.73 Å². The van der Waals surface area contributed by atoms with E-state index in [-0.39, 0.29) is 5.88 Å². The van der Waals surface area contributed by atoms with Crippen LogP contribution in [0.5, 0.6) is 0 Å². The van der Waals surface area contributed by atoms with Crippen molar-refractivity contribution in [3.05, 3.63) is 12.5 Å². The number of rotatable bonds is 2. The van der Waals surface area contributed by atoms with Crippen molar-refractivity contribution < 1.29 is 4.74 Å². The van der Waals surface area contributed by atoms with Crippen molar-refractivity contribution in [3.8, 4) is 0 Å². The Hall–Kier alpha value is -0.660. The second kappa shape index (κ2) is 2.57. The first-order chi connectivity index (χ1) is 2.77. The van der Waals surface area contributed by atoms with Gasteiger partial charge in [0.2, 0.25) is 0 Å². The summed E-state index contributed by atoms with van der Waals surface area (Å²) >= 11 is 0. The van der Waals surface area contributed by atoms with Gasteiger partial charge in [0.05, 0.1) is 6.61 Å². The lowest BCUT2D eigenvalue weighted by Crippen LogP contribution is -1.98. The standard InChI is InChI=1S/C4H9NO/c1-3-6-4(2)5/h2-3,5H2,1H3. The highest BCUT2D eigenvalue weighted by Gasteiger charge is 1.73. The van der Waals surface area contributed by atoms with Crippen LogP contribution in [0.25, 0.3) is 0 Å². The maximum absolute atomic E-state index is 4.99. The van der Waals surface area contributed by atoms with E-state index in [9.17, 15) is 0 Å². The molecule has 0 fully saturated rings. The van der Waals surface area contributed by atoms with Crippen LogP contribution in [0.3, 0.4) is 0 Å². The van der Waals surface area contributed by atoms with Gasteiger partial charge in [0.25, 0.3) is 0 Å². The lowest BCUT2D eigenvalue weighted by Gasteiger charge is -1.95. The Morgan fingerprint density at radius 2 is 2.50 bits per heavy atom. The smallest absolute Gasteiger partial charge is 0.176 e. The van der Waals surface area contributed by atoms with Crippen molar-refractivity contribution in [2.75, 3.05) is 6.61 Å². The van der Waals surface area contributed by atoms with E-state index in [0.717, 1.165) is 0 Å². The zero-order valence-electron chi connectivity index (χ0n) is 3.90. The SMILES string of the molecule is C=C(N)OCC. The minimum atomic E-state index is 0.289. The zero-order chi connectivity index (χ0) is 4.99. The van der Waals surface area contributed by atoms with Gasteiger partial charge in [0.15, 0.2) is 5.88 Å². The summed E-state index contributed by atoms with van der Waals surface area (Å²) in [6, 6.07) is 0. The van der Waals surface area contributed by atoms with Crippen LogP contribution in [0, 0.1) is 0 Å².